The first-order valence-electron chi connectivity index (χ1n) is 5.11. The molecule has 0 spiro atoms. The van der Waals surface area contributed by atoms with E-state index in [2.05, 4.69) is 6.07 Å². The average Bonchev–Trinajstić information content (AvgIpc) is 2.35. The smallest absolute Gasteiger partial charge is 0.246 e. The molecule has 1 rings (SSSR count). The van der Waals surface area contributed by atoms with Gasteiger partial charge >= 0.3 is 0 Å². The summed E-state index contributed by atoms with van der Waals surface area (Å²) in [7, 11) is 3.02. The molecule has 0 aliphatic carbocycles. The Kier molecular flexibility index (Phi) is 4.51. The Morgan fingerprint density at radius 3 is 2.71 bits per heavy atom. The molecule has 0 amide bonds. The first-order valence-corrected chi connectivity index (χ1v) is 5.11. The molecule has 1 aromatic rings. The SMILES string of the molecule is CCC(=Cc1cc(OC)[c]cc1OC)[N+](=O)[O-]. The monoisotopic (exact) mass is 236 g/mol. The van der Waals surface area contributed by atoms with Crippen molar-refractivity contribution in [1.29, 1.82) is 0 Å². The van der Waals surface area contributed by atoms with Crippen LogP contribution in [0.2, 0.25) is 0 Å². The number of methoxy groups -OCH3 is 2. The van der Waals surface area contributed by atoms with Crippen molar-refractivity contribution in [3.63, 3.8) is 0 Å². The van der Waals surface area contributed by atoms with Crippen molar-refractivity contribution in [2.45, 2.75) is 13.3 Å². The lowest BCUT2D eigenvalue weighted by molar-refractivity contribution is -0.425. The van der Waals surface area contributed by atoms with Gasteiger partial charge in [-0.15, -0.1) is 0 Å². The Bertz CT molecular complexity index is 440. The number of allylic oxidation sites excluding steroid dienone is 1. The second-order valence-corrected chi connectivity index (χ2v) is 3.27. The maximum Gasteiger partial charge on any atom is 0.246 e. The number of nitrogens with zero attached hydrogens (tertiary/aromatic N) is 1. The fourth-order valence-corrected chi connectivity index (χ4v) is 1.34. The standard InChI is InChI=1S/C12H14NO4/c1-4-10(13(14)15)7-9-8-11(16-2)5-6-12(9)17-3/h6-8H,4H2,1-3H3. The number of benzene rings is 1. The lowest BCUT2D eigenvalue weighted by Gasteiger charge is -2.06. The molecule has 0 saturated carbocycles. The van der Waals surface area contributed by atoms with Gasteiger partial charge in [-0.1, -0.05) is 6.92 Å². The van der Waals surface area contributed by atoms with Gasteiger partial charge in [-0.05, 0) is 12.1 Å². The predicted molar refractivity (Wildman–Crippen MR) is 63.6 cm³/mol. The highest BCUT2D eigenvalue weighted by Gasteiger charge is 2.10. The normalized spacial score (nSPS) is 11.1. The Labute approximate surface area is 99.8 Å². The summed E-state index contributed by atoms with van der Waals surface area (Å²) in [4.78, 5) is 10.3. The highest BCUT2D eigenvalue weighted by atomic mass is 16.6. The van der Waals surface area contributed by atoms with Crippen LogP contribution in [0, 0.1) is 16.2 Å². The van der Waals surface area contributed by atoms with Crippen molar-refractivity contribution < 1.29 is 14.4 Å². The summed E-state index contributed by atoms with van der Waals surface area (Å²) >= 11 is 0. The first kappa shape index (κ1) is 13.0. The van der Waals surface area contributed by atoms with Gasteiger partial charge in [0, 0.05) is 24.1 Å². The summed E-state index contributed by atoms with van der Waals surface area (Å²) in [6, 6.07) is 6.10. The molecular weight excluding hydrogens is 222 g/mol. The van der Waals surface area contributed by atoms with Gasteiger partial charge in [-0.25, -0.2) is 0 Å². The third-order valence-corrected chi connectivity index (χ3v) is 2.28. The third kappa shape index (κ3) is 3.21. The molecule has 5 nitrogen and oxygen atoms in total. The van der Waals surface area contributed by atoms with Crippen molar-refractivity contribution in [1.82, 2.24) is 0 Å². The molecule has 17 heavy (non-hydrogen) atoms. The molecule has 0 atom stereocenters. The Morgan fingerprint density at radius 1 is 1.53 bits per heavy atom. The molecule has 0 aromatic heterocycles. The molecule has 0 unspecified atom stereocenters. The lowest BCUT2D eigenvalue weighted by atomic mass is 10.1. The molecule has 91 valence electrons. The van der Waals surface area contributed by atoms with Crippen LogP contribution in [0.1, 0.15) is 18.9 Å². The van der Waals surface area contributed by atoms with Crippen LogP contribution in [0.25, 0.3) is 6.08 Å². The number of ether oxygens (including phenoxy) is 2. The fourth-order valence-electron chi connectivity index (χ4n) is 1.34. The van der Waals surface area contributed by atoms with Crippen LogP contribution in [0.4, 0.5) is 0 Å². The third-order valence-electron chi connectivity index (χ3n) is 2.28. The molecule has 0 saturated heterocycles. The summed E-state index contributed by atoms with van der Waals surface area (Å²) in [5.74, 6) is 1.04. The molecule has 0 fully saturated rings. The van der Waals surface area contributed by atoms with Crippen molar-refractivity contribution in [3.8, 4) is 11.5 Å². The van der Waals surface area contributed by atoms with Crippen LogP contribution < -0.4 is 9.47 Å². The van der Waals surface area contributed by atoms with Crippen LogP contribution in [0.15, 0.2) is 17.8 Å². The number of nitro groups is 1. The van der Waals surface area contributed by atoms with Gasteiger partial charge in [0.2, 0.25) is 5.70 Å². The van der Waals surface area contributed by atoms with E-state index in [1.54, 1.807) is 19.1 Å². The van der Waals surface area contributed by atoms with Gasteiger partial charge in [0.05, 0.1) is 19.1 Å². The van der Waals surface area contributed by atoms with Gasteiger partial charge in [0.15, 0.2) is 0 Å². The van der Waals surface area contributed by atoms with Crippen molar-refractivity contribution in [2.24, 2.45) is 0 Å². The Balaban J connectivity index is 3.22. The predicted octanol–water partition coefficient (Wildman–Crippen LogP) is 2.53. The Morgan fingerprint density at radius 2 is 2.24 bits per heavy atom. The van der Waals surface area contributed by atoms with Crippen LogP contribution in [0.3, 0.4) is 0 Å². The van der Waals surface area contributed by atoms with Crippen molar-refractivity contribution in [3.05, 3.63) is 39.6 Å². The molecule has 0 aliphatic rings. The maximum absolute atomic E-state index is 10.7. The number of hydrogen-bond acceptors (Lipinski definition) is 4. The zero-order valence-corrected chi connectivity index (χ0v) is 10.0. The zero-order chi connectivity index (χ0) is 12.8. The molecular formula is C12H14NO4. The van der Waals surface area contributed by atoms with Gasteiger partial charge in [-0.3, -0.25) is 10.1 Å². The van der Waals surface area contributed by atoms with Crippen molar-refractivity contribution in [2.75, 3.05) is 14.2 Å². The molecule has 1 radical (unpaired) electrons. The second kappa shape index (κ2) is 5.89. The van der Waals surface area contributed by atoms with E-state index in [0.717, 1.165) is 0 Å². The van der Waals surface area contributed by atoms with E-state index in [1.165, 1.54) is 20.3 Å². The van der Waals surface area contributed by atoms with E-state index in [1.807, 2.05) is 0 Å². The summed E-state index contributed by atoms with van der Waals surface area (Å²) in [6.07, 6.45) is 1.83. The number of rotatable bonds is 5. The minimum atomic E-state index is -0.400. The summed E-state index contributed by atoms with van der Waals surface area (Å²) in [5.41, 5.74) is 0.730. The van der Waals surface area contributed by atoms with E-state index in [0.29, 0.717) is 23.5 Å². The molecule has 5 heteroatoms. The van der Waals surface area contributed by atoms with E-state index in [4.69, 9.17) is 9.47 Å². The zero-order valence-electron chi connectivity index (χ0n) is 10.0. The average molecular weight is 236 g/mol. The first-order chi connectivity index (χ1) is 8.12. The summed E-state index contributed by atoms with van der Waals surface area (Å²) in [5, 5.41) is 10.7. The minimum Gasteiger partial charge on any atom is -0.496 e. The van der Waals surface area contributed by atoms with Gasteiger partial charge < -0.3 is 9.47 Å². The van der Waals surface area contributed by atoms with Crippen LogP contribution in [-0.4, -0.2) is 19.1 Å². The van der Waals surface area contributed by atoms with E-state index in [-0.39, 0.29) is 5.70 Å². The quantitative estimate of drug-likeness (QED) is 0.582. The van der Waals surface area contributed by atoms with Crippen molar-refractivity contribution >= 4 is 6.08 Å². The molecule has 0 bridgehead atoms. The van der Waals surface area contributed by atoms with E-state index >= 15 is 0 Å². The van der Waals surface area contributed by atoms with E-state index < -0.39 is 4.92 Å². The molecule has 1 aromatic carbocycles. The van der Waals surface area contributed by atoms with Gasteiger partial charge in [-0.2, -0.15) is 0 Å². The maximum atomic E-state index is 10.7. The van der Waals surface area contributed by atoms with Crippen LogP contribution in [0.5, 0.6) is 11.5 Å². The second-order valence-electron chi connectivity index (χ2n) is 3.27. The summed E-state index contributed by atoms with van der Waals surface area (Å²) < 4.78 is 10.1. The molecule has 0 heterocycles. The summed E-state index contributed by atoms with van der Waals surface area (Å²) in [6.45, 7) is 1.73. The lowest BCUT2D eigenvalue weighted by Crippen LogP contribution is -1.98. The van der Waals surface area contributed by atoms with Crippen LogP contribution in [-0.2, 0) is 0 Å². The Hall–Kier alpha value is -2.04. The van der Waals surface area contributed by atoms with Gasteiger partial charge in [0.1, 0.15) is 11.5 Å². The van der Waals surface area contributed by atoms with E-state index in [9.17, 15) is 10.1 Å². The molecule has 0 N–H and O–H groups in total. The highest BCUT2D eigenvalue weighted by Crippen LogP contribution is 2.26. The molecule has 0 aliphatic heterocycles. The number of hydrogen-bond donors (Lipinski definition) is 0. The van der Waals surface area contributed by atoms with Crippen LogP contribution >= 0.6 is 0 Å². The minimum absolute atomic E-state index is 0.122. The highest BCUT2D eigenvalue weighted by molar-refractivity contribution is 5.60. The fraction of sp³-hybridized carbons (Fsp3) is 0.333. The van der Waals surface area contributed by atoms with Gasteiger partial charge in [0.25, 0.3) is 0 Å². The largest absolute Gasteiger partial charge is 0.496 e. The topological polar surface area (TPSA) is 61.6 Å².